The second-order valence-electron chi connectivity index (χ2n) is 5.81. The van der Waals surface area contributed by atoms with Crippen LogP contribution in [-0.2, 0) is 0 Å². The van der Waals surface area contributed by atoms with E-state index in [9.17, 15) is 4.79 Å². The SMILES string of the molecule is CCSc1ccc(C(=O)/C=C/c2cc(C)c(C)c(C)c2C)cc1. The second kappa shape index (κ2) is 7.65. The molecular formula is C21H24OS. The molecule has 0 fully saturated rings. The second-order valence-corrected chi connectivity index (χ2v) is 7.15. The summed E-state index contributed by atoms with van der Waals surface area (Å²) in [5, 5.41) is 0. The normalized spacial score (nSPS) is 11.2. The van der Waals surface area contributed by atoms with Gasteiger partial charge in [0, 0.05) is 10.5 Å². The van der Waals surface area contributed by atoms with E-state index in [1.54, 1.807) is 17.8 Å². The highest BCUT2D eigenvalue weighted by atomic mass is 32.2. The number of hydrogen-bond acceptors (Lipinski definition) is 2. The van der Waals surface area contributed by atoms with Crippen LogP contribution in [0.25, 0.3) is 6.08 Å². The third kappa shape index (κ3) is 4.14. The number of benzene rings is 2. The zero-order valence-electron chi connectivity index (χ0n) is 14.6. The lowest BCUT2D eigenvalue weighted by molar-refractivity contribution is 0.104. The largest absolute Gasteiger partial charge is 0.289 e. The first-order chi connectivity index (χ1) is 10.9. The third-order valence-electron chi connectivity index (χ3n) is 4.39. The van der Waals surface area contributed by atoms with Gasteiger partial charge in [0.05, 0.1) is 0 Å². The molecule has 2 aromatic rings. The van der Waals surface area contributed by atoms with E-state index in [4.69, 9.17) is 0 Å². The van der Waals surface area contributed by atoms with Crippen molar-refractivity contribution in [2.24, 2.45) is 0 Å². The molecule has 0 aliphatic rings. The lowest BCUT2D eigenvalue weighted by Crippen LogP contribution is -1.96. The van der Waals surface area contributed by atoms with Crippen LogP contribution in [0.1, 0.15) is 45.1 Å². The molecule has 0 spiro atoms. The maximum atomic E-state index is 12.3. The number of thioether (sulfide) groups is 1. The van der Waals surface area contributed by atoms with Gasteiger partial charge in [0.25, 0.3) is 0 Å². The zero-order valence-corrected chi connectivity index (χ0v) is 15.4. The summed E-state index contributed by atoms with van der Waals surface area (Å²) in [7, 11) is 0. The standard InChI is InChI=1S/C21H24OS/c1-6-23-20-10-7-18(8-11-20)21(22)12-9-19-13-14(2)15(3)16(4)17(19)5/h7-13H,6H2,1-5H3/b12-9+. The predicted octanol–water partition coefficient (Wildman–Crippen LogP) is 5.93. The fraction of sp³-hybridized carbons (Fsp3) is 0.286. The number of aryl methyl sites for hydroxylation is 1. The first kappa shape index (κ1) is 17.6. The van der Waals surface area contributed by atoms with Gasteiger partial charge in [-0.2, -0.15) is 0 Å². The highest BCUT2D eigenvalue weighted by Crippen LogP contribution is 2.23. The van der Waals surface area contributed by atoms with Crippen molar-refractivity contribution in [2.75, 3.05) is 5.75 Å². The van der Waals surface area contributed by atoms with E-state index < -0.39 is 0 Å². The molecule has 1 nitrogen and oxygen atoms in total. The van der Waals surface area contributed by atoms with Crippen LogP contribution >= 0.6 is 11.8 Å². The Hall–Kier alpha value is -1.80. The summed E-state index contributed by atoms with van der Waals surface area (Å²) in [6, 6.07) is 10.00. The average Bonchev–Trinajstić information content (AvgIpc) is 2.55. The van der Waals surface area contributed by atoms with Gasteiger partial charge < -0.3 is 0 Å². The maximum absolute atomic E-state index is 12.3. The van der Waals surface area contributed by atoms with E-state index in [0.717, 1.165) is 16.9 Å². The number of carbonyl (C=O) groups excluding carboxylic acids is 1. The third-order valence-corrected chi connectivity index (χ3v) is 5.28. The molecule has 2 heteroatoms. The Balaban J connectivity index is 2.21. The van der Waals surface area contributed by atoms with Crippen LogP contribution in [-0.4, -0.2) is 11.5 Å². The number of allylic oxidation sites excluding steroid dienone is 1. The molecular weight excluding hydrogens is 300 g/mol. The maximum Gasteiger partial charge on any atom is 0.185 e. The van der Waals surface area contributed by atoms with Gasteiger partial charge in [-0.1, -0.05) is 19.1 Å². The van der Waals surface area contributed by atoms with Crippen molar-refractivity contribution in [1.29, 1.82) is 0 Å². The molecule has 0 saturated carbocycles. The number of rotatable bonds is 5. The molecule has 0 heterocycles. The number of hydrogen-bond donors (Lipinski definition) is 0. The summed E-state index contributed by atoms with van der Waals surface area (Å²) in [5.41, 5.74) is 7.00. The molecule has 23 heavy (non-hydrogen) atoms. The van der Waals surface area contributed by atoms with E-state index in [-0.39, 0.29) is 5.78 Å². The minimum absolute atomic E-state index is 0.0494. The first-order valence-electron chi connectivity index (χ1n) is 7.96. The fourth-order valence-electron chi connectivity index (χ4n) is 2.56. The molecule has 0 N–H and O–H groups in total. The Morgan fingerprint density at radius 3 is 2.26 bits per heavy atom. The lowest BCUT2D eigenvalue weighted by atomic mass is 9.94. The van der Waals surface area contributed by atoms with Gasteiger partial charge in [0.15, 0.2) is 5.78 Å². The Labute approximate surface area is 143 Å². The van der Waals surface area contributed by atoms with Crippen molar-refractivity contribution < 1.29 is 4.79 Å². The van der Waals surface area contributed by atoms with Crippen molar-refractivity contribution in [3.8, 4) is 0 Å². The molecule has 0 bridgehead atoms. The van der Waals surface area contributed by atoms with Crippen molar-refractivity contribution in [1.82, 2.24) is 0 Å². The van der Waals surface area contributed by atoms with E-state index in [2.05, 4.69) is 40.7 Å². The molecule has 2 rings (SSSR count). The molecule has 0 saturated heterocycles. The predicted molar refractivity (Wildman–Crippen MR) is 102 cm³/mol. The van der Waals surface area contributed by atoms with E-state index in [1.807, 2.05) is 30.3 Å². The number of ketones is 1. The van der Waals surface area contributed by atoms with E-state index >= 15 is 0 Å². The molecule has 2 aromatic carbocycles. The van der Waals surface area contributed by atoms with Gasteiger partial charge in [-0.05, 0) is 91.6 Å². The quantitative estimate of drug-likeness (QED) is 0.385. The van der Waals surface area contributed by atoms with Crippen LogP contribution in [0, 0.1) is 27.7 Å². The highest BCUT2D eigenvalue weighted by Gasteiger charge is 2.06. The monoisotopic (exact) mass is 324 g/mol. The molecule has 0 aliphatic heterocycles. The Morgan fingerprint density at radius 1 is 1.00 bits per heavy atom. The minimum atomic E-state index is 0.0494. The highest BCUT2D eigenvalue weighted by molar-refractivity contribution is 7.99. The van der Waals surface area contributed by atoms with Crippen LogP contribution in [0.15, 0.2) is 41.3 Å². The number of carbonyl (C=O) groups is 1. The van der Waals surface area contributed by atoms with Crippen molar-refractivity contribution >= 4 is 23.6 Å². The fourth-order valence-corrected chi connectivity index (χ4v) is 3.22. The summed E-state index contributed by atoms with van der Waals surface area (Å²) >= 11 is 1.78. The van der Waals surface area contributed by atoms with Crippen molar-refractivity contribution in [3.63, 3.8) is 0 Å². The van der Waals surface area contributed by atoms with Gasteiger partial charge in [-0.25, -0.2) is 0 Å². The first-order valence-corrected chi connectivity index (χ1v) is 8.95. The topological polar surface area (TPSA) is 17.1 Å². The molecule has 0 atom stereocenters. The summed E-state index contributed by atoms with van der Waals surface area (Å²) in [6.45, 7) is 10.6. The zero-order chi connectivity index (χ0) is 17.0. The summed E-state index contributed by atoms with van der Waals surface area (Å²) in [6.07, 6.45) is 3.62. The molecule has 0 amide bonds. The van der Waals surface area contributed by atoms with Crippen molar-refractivity contribution in [2.45, 2.75) is 39.5 Å². The van der Waals surface area contributed by atoms with Crippen LogP contribution in [0.4, 0.5) is 0 Å². The van der Waals surface area contributed by atoms with E-state index in [1.165, 1.54) is 27.1 Å². The average molecular weight is 324 g/mol. The molecule has 120 valence electrons. The summed E-state index contributed by atoms with van der Waals surface area (Å²) < 4.78 is 0. The Morgan fingerprint density at radius 2 is 1.65 bits per heavy atom. The van der Waals surface area contributed by atoms with Gasteiger partial charge >= 0.3 is 0 Å². The molecule has 0 aliphatic carbocycles. The van der Waals surface area contributed by atoms with Gasteiger partial charge in [-0.15, -0.1) is 11.8 Å². The Kier molecular flexibility index (Phi) is 5.84. The lowest BCUT2D eigenvalue weighted by Gasteiger charge is -2.11. The van der Waals surface area contributed by atoms with Gasteiger partial charge in [0.2, 0.25) is 0 Å². The van der Waals surface area contributed by atoms with Gasteiger partial charge in [-0.3, -0.25) is 4.79 Å². The molecule has 0 unspecified atom stereocenters. The smallest absolute Gasteiger partial charge is 0.185 e. The van der Waals surface area contributed by atoms with Gasteiger partial charge in [0.1, 0.15) is 0 Å². The van der Waals surface area contributed by atoms with Crippen LogP contribution in [0.5, 0.6) is 0 Å². The van der Waals surface area contributed by atoms with Crippen molar-refractivity contribution in [3.05, 3.63) is 69.8 Å². The summed E-state index contributed by atoms with van der Waals surface area (Å²) in [4.78, 5) is 13.5. The van der Waals surface area contributed by atoms with Crippen LogP contribution in [0.2, 0.25) is 0 Å². The van der Waals surface area contributed by atoms with Crippen LogP contribution < -0.4 is 0 Å². The Bertz CT molecular complexity index is 739. The minimum Gasteiger partial charge on any atom is -0.289 e. The molecule has 0 radical (unpaired) electrons. The van der Waals surface area contributed by atoms with E-state index in [0.29, 0.717) is 0 Å². The summed E-state index contributed by atoms with van der Waals surface area (Å²) in [5.74, 6) is 1.09. The molecule has 0 aromatic heterocycles. The van der Waals surface area contributed by atoms with Crippen LogP contribution in [0.3, 0.4) is 0 Å².